The monoisotopic (exact) mass is 432 g/mol. The number of fused-ring (bicyclic) bond motifs is 1. The van der Waals surface area contributed by atoms with Crippen molar-refractivity contribution < 1.29 is 4.39 Å². The van der Waals surface area contributed by atoms with Crippen molar-refractivity contribution in [1.82, 2.24) is 30.0 Å². The molecule has 1 saturated heterocycles. The van der Waals surface area contributed by atoms with E-state index in [9.17, 15) is 4.39 Å². The molecule has 32 heavy (non-hydrogen) atoms. The molecule has 0 radical (unpaired) electrons. The van der Waals surface area contributed by atoms with Crippen molar-refractivity contribution >= 4 is 10.9 Å². The molecule has 0 spiro atoms. The Kier molecular flexibility index (Phi) is 6.27. The highest BCUT2D eigenvalue weighted by molar-refractivity contribution is 5.85. The minimum atomic E-state index is -0.827. The first-order valence-electron chi connectivity index (χ1n) is 11.3. The zero-order valence-electron chi connectivity index (χ0n) is 18.1. The summed E-state index contributed by atoms with van der Waals surface area (Å²) >= 11 is 0. The van der Waals surface area contributed by atoms with E-state index in [1.807, 2.05) is 22.8 Å². The summed E-state index contributed by atoms with van der Waals surface area (Å²) in [5.74, 6) is 0. The zero-order valence-corrected chi connectivity index (χ0v) is 18.1. The van der Waals surface area contributed by atoms with Gasteiger partial charge in [0.25, 0.3) is 0 Å². The Morgan fingerprint density at radius 3 is 2.75 bits per heavy atom. The molecule has 0 amide bonds. The lowest BCUT2D eigenvalue weighted by atomic mass is 10.0. The second-order valence-corrected chi connectivity index (χ2v) is 8.59. The molecule has 6 nitrogen and oxygen atoms in total. The minimum Gasteiger partial charge on any atom is -0.361 e. The van der Waals surface area contributed by atoms with Gasteiger partial charge in [0.15, 0.2) is 0 Å². The Hall–Kier alpha value is -3.03. The normalized spacial score (nSPS) is 19.5. The number of aromatic nitrogens is 4. The van der Waals surface area contributed by atoms with E-state index in [0.29, 0.717) is 6.54 Å². The van der Waals surface area contributed by atoms with Gasteiger partial charge in [-0.3, -0.25) is 4.57 Å². The highest BCUT2D eigenvalue weighted by atomic mass is 19.1. The predicted octanol–water partition coefficient (Wildman–Crippen LogP) is 3.88. The third-order valence-electron chi connectivity index (χ3n) is 6.43. The van der Waals surface area contributed by atoms with Gasteiger partial charge in [0.05, 0.1) is 0 Å². The fourth-order valence-electron chi connectivity index (χ4n) is 4.61. The molecule has 1 aliphatic heterocycles. The van der Waals surface area contributed by atoms with Crippen molar-refractivity contribution in [3.63, 3.8) is 0 Å². The highest BCUT2D eigenvalue weighted by Gasteiger charge is 2.28. The van der Waals surface area contributed by atoms with E-state index in [-0.39, 0.29) is 6.04 Å². The number of hydrogen-bond donors (Lipinski definition) is 2. The van der Waals surface area contributed by atoms with E-state index in [2.05, 4.69) is 61.9 Å². The van der Waals surface area contributed by atoms with Crippen molar-refractivity contribution in [2.75, 3.05) is 19.6 Å². The summed E-state index contributed by atoms with van der Waals surface area (Å²) < 4.78 is 16.7. The quantitative estimate of drug-likeness (QED) is 0.444. The molecule has 0 unspecified atom stereocenters. The molecule has 0 bridgehead atoms. The molecule has 7 heteroatoms. The number of H-pyrrole nitrogens is 1. The second-order valence-electron chi connectivity index (χ2n) is 8.59. The summed E-state index contributed by atoms with van der Waals surface area (Å²) in [6.07, 6.45) is 7.51. The zero-order chi connectivity index (χ0) is 21.8. The fraction of sp³-hybridized carbons (Fsp3) is 0.360. The van der Waals surface area contributed by atoms with E-state index in [1.54, 1.807) is 12.7 Å². The number of halogens is 1. The van der Waals surface area contributed by atoms with Gasteiger partial charge in [0.2, 0.25) is 0 Å². The first-order valence-corrected chi connectivity index (χ1v) is 11.3. The maximum atomic E-state index is 14.8. The van der Waals surface area contributed by atoms with Gasteiger partial charge in [-0.1, -0.05) is 30.3 Å². The van der Waals surface area contributed by atoms with Gasteiger partial charge in [-0.15, -0.1) is 10.2 Å². The van der Waals surface area contributed by atoms with E-state index >= 15 is 0 Å². The number of likely N-dealkylation sites (tertiary alicyclic amines) is 1. The standard InChI is InChI=1S/C25H29FN6/c26-23-16-31(12-10-25(23)27-14-19-5-2-1-3-6-19)11-4-7-20-15-28-24-9-8-21(13-22(20)24)32-17-29-30-18-32/h1-3,5-6,8-9,13,15,17-18,23,25,27-28H,4,7,10-12,14,16H2/t23-,25+/m1/s1. The predicted molar refractivity (Wildman–Crippen MR) is 125 cm³/mol. The molecule has 1 aliphatic rings. The lowest BCUT2D eigenvalue weighted by Gasteiger charge is -2.35. The molecule has 2 aromatic heterocycles. The number of nitrogens with one attached hydrogen (secondary N) is 2. The molecule has 4 aromatic rings. The van der Waals surface area contributed by atoms with Gasteiger partial charge < -0.3 is 15.2 Å². The van der Waals surface area contributed by atoms with Crippen LogP contribution < -0.4 is 5.32 Å². The van der Waals surface area contributed by atoms with Gasteiger partial charge in [0.1, 0.15) is 18.8 Å². The number of aryl methyl sites for hydroxylation is 1. The average Bonchev–Trinajstić information content (AvgIpc) is 3.49. The number of aromatic amines is 1. The van der Waals surface area contributed by atoms with Crippen LogP contribution in [0.1, 0.15) is 24.0 Å². The number of rotatable bonds is 8. The highest BCUT2D eigenvalue weighted by Crippen LogP contribution is 2.23. The van der Waals surface area contributed by atoms with Crippen LogP contribution in [0.15, 0.2) is 67.4 Å². The lowest BCUT2D eigenvalue weighted by molar-refractivity contribution is 0.102. The lowest BCUT2D eigenvalue weighted by Crippen LogP contribution is -2.50. The van der Waals surface area contributed by atoms with Crippen LogP contribution in [0.25, 0.3) is 16.6 Å². The number of benzene rings is 2. The van der Waals surface area contributed by atoms with Gasteiger partial charge in [-0.2, -0.15) is 0 Å². The average molecular weight is 433 g/mol. The maximum absolute atomic E-state index is 14.8. The smallest absolute Gasteiger partial charge is 0.128 e. The summed E-state index contributed by atoms with van der Waals surface area (Å²) in [6, 6.07) is 16.5. The molecule has 1 fully saturated rings. The van der Waals surface area contributed by atoms with Crippen LogP contribution in [0.2, 0.25) is 0 Å². The van der Waals surface area contributed by atoms with Gasteiger partial charge >= 0.3 is 0 Å². The summed E-state index contributed by atoms with van der Waals surface area (Å²) in [5, 5.41) is 12.4. The second kappa shape index (κ2) is 9.63. The van der Waals surface area contributed by atoms with E-state index in [0.717, 1.165) is 50.1 Å². The number of nitrogens with zero attached hydrogens (tertiary/aromatic N) is 4. The Balaban J connectivity index is 1.12. The molecule has 2 atom stereocenters. The molecule has 0 saturated carbocycles. The van der Waals surface area contributed by atoms with Crippen molar-refractivity contribution in [3.8, 4) is 5.69 Å². The van der Waals surface area contributed by atoms with Crippen LogP contribution in [0, 0.1) is 0 Å². The van der Waals surface area contributed by atoms with Crippen LogP contribution in [-0.2, 0) is 13.0 Å². The van der Waals surface area contributed by atoms with Crippen LogP contribution in [0.4, 0.5) is 4.39 Å². The Morgan fingerprint density at radius 1 is 1.09 bits per heavy atom. The summed E-state index contributed by atoms with van der Waals surface area (Å²) in [6.45, 7) is 3.10. The molecule has 2 aromatic carbocycles. The SMILES string of the molecule is F[C@@H]1CN(CCCc2c[nH]c3ccc(-n4cnnc4)cc23)CC[C@@H]1NCc1ccccc1. The van der Waals surface area contributed by atoms with E-state index in [1.165, 1.54) is 16.5 Å². The van der Waals surface area contributed by atoms with Crippen LogP contribution in [0.3, 0.4) is 0 Å². The van der Waals surface area contributed by atoms with Crippen molar-refractivity contribution in [1.29, 1.82) is 0 Å². The Morgan fingerprint density at radius 2 is 1.94 bits per heavy atom. The van der Waals surface area contributed by atoms with Crippen molar-refractivity contribution in [2.24, 2.45) is 0 Å². The summed E-state index contributed by atoms with van der Waals surface area (Å²) in [7, 11) is 0. The van der Waals surface area contributed by atoms with Gasteiger partial charge in [-0.05, 0) is 61.7 Å². The molecule has 0 aliphatic carbocycles. The van der Waals surface area contributed by atoms with Crippen molar-refractivity contribution in [2.45, 2.75) is 38.0 Å². The first-order chi connectivity index (χ1) is 15.8. The van der Waals surface area contributed by atoms with E-state index in [4.69, 9.17) is 0 Å². The Labute approximate surface area is 187 Å². The van der Waals surface area contributed by atoms with Crippen LogP contribution in [-0.4, -0.2) is 56.5 Å². The van der Waals surface area contributed by atoms with Gasteiger partial charge in [-0.25, -0.2) is 4.39 Å². The van der Waals surface area contributed by atoms with Crippen LogP contribution >= 0.6 is 0 Å². The number of piperidine rings is 1. The first kappa shape index (κ1) is 20.8. The summed E-state index contributed by atoms with van der Waals surface area (Å²) in [4.78, 5) is 5.63. The van der Waals surface area contributed by atoms with Crippen LogP contribution in [0.5, 0.6) is 0 Å². The largest absolute Gasteiger partial charge is 0.361 e. The fourth-order valence-corrected chi connectivity index (χ4v) is 4.61. The molecular weight excluding hydrogens is 403 g/mol. The third kappa shape index (κ3) is 4.74. The van der Waals surface area contributed by atoms with Crippen molar-refractivity contribution in [3.05, 3.63) is 78.5 Å². The number of alkyl halides is 1. The molecule has 166 valence electrons. The van der Waals surface area contributed by atoms with Gasteiger partial charge in [0, 0.05) is 41.9 Å². The maximum Gasteiger partial charge on any atom is 0.128 e. The number of hydrogen-bond acceptors (Lipinski definition) is 4. The minimum absolute atomic E-state index is 0.0591. The molecular formula is C25H29FN6. The topological polar surface area (TPSA) is 61.8 Å². The third-order valence-corrected chi connectivity index (χ3v) is 6.43. The molecule has 2 N–H and O–H groups in total. The van der Waals surface area contributed by atoms with E-state index < -0.39 is 6.17 Å². The Bertz CT molecular complexity index is 1120. The molecule has 3 heterocycles. The summed E-state index contributed by atoms with van der Waals surface area (Å²) in [5.41, 5.74) is 4.68. The molecule has 5 rings (SSSR count).